The predicted molar refractivity (Wildman–Crippen MR) is 589 cm³/mol. The van der Waals surface area contributed by atoms with Gasteiger partial charge in [-0.1, -0.05) is 240 Å². The average Bonchev–Trinajstić information content (AvgIpc) is 1.00. The molecule has 23 rings (SSSR count). The minimum absolute atomic E-state index is 0.0663. The molecule has 2 saturated heterocycles. The van der Waals surface area contributed by atoms with Gasteiger partial charge >= 0.3 is 11.9 Å². The van der Waals surface area contributed by atoms with Gasteiger partial charge in [-0.15, -0.1) is 68.0 Å². The Hall–Kier alpha value is -16.0. The van der Waals surface area contributed by atoms with Crippen molar-refractivity contribution in [2.75, 3.05) is 26.4 Å². The highest BCUT2D eigenvalue weighted by atomic mass is 32.1. The molecule has 30 nitrogen and oxygen atoms in total. The van der Waals surface area contributed by atoms with Gasteiger partial charge in [-0.25, -0.2) is 58.1 Å². The molecule has 1 unspecified atom stereocenters. The number of esters is 1. The number of nitrogens with zero attached hydrogens (tertiary/aromatic N) is 16. The molecule has 0 radical (unpaired) electrons. The number of rotatable bonds is 26. The highest BCUT2D eigenvalue weighted by molar-refractivity contribution is 7.11. The molecule has 1 amide bonds. The molecule has 11 aromatic heterocycles. The Morgan fingerprint density at radius 3 is 0.907 bits per heavy atom. The van der Waals surface area contributed by atoms with E-state index in [9.17, 15) is 43.5 Å². The van der Waals surface area contributed by atoms with Crippen LogP contribution in [0.1, 0.15) is 99.7 Å². The van der Waals surface area contributed by atoms with Crippen molar-refractivity contribution < 1.29 is 38.4 Å². The van der Waals surface area contributed by atoms with Gasteiger partial charge in [0.1, 0.15) is 31.6 Å². The van der Waals surface area contributed by atoms with Crippen LogP contribution in [0, 0.1) is 34.6 Å². The molecule has 13 heterocycles. The van der Waals surface area contributed by atoms with Crippen LogP contribution in [-0.2, 0) is 98.2 Å². The number of carboxylic acid groups (broad SMARTS) is 1. The van der Waals surface area contributed by atoms with Gasteiger partial charge in [0.2, 0.25) is 12.2 Å². The van der Waals surface area contributed by atoms with Crippen molar-refractivity contribution in [3.8, 4) is 56.3 Å². The van der Waals surface area contributed by atoms with Crippen LogP contribution >= 0.6 is 68.0 Å². The van der Waals surface area contributed by atoms with E-state index in [1.54, 1.807) is 65.3 Å². The maximum Gasteiger partial charge on any atom is 0.334 e. The second-order valence-electron chi connectivity index (χ2n) is 35.7. The number of thiazole rings is 6. The number of aryl methyl sites for hydroxylation is 5. The summed E-state index contributed by atoms with van der Waals surface area (Å²) in [7, 11) is 0. The monoisotopic (exact) mass is 2110 g/mol. The number of carbonyl (C=O) groups excluding carboxylic acids is 2. The standard InChI is InChI=1S/C24H23N3O3S.C23H22N4O2S.C23H18N4OS2.C23H19N3O4S.C21H17N3O3S/c1-16-7-9-17(10-8-16)21-15-31-22(25-21)14-27-24(28)19-6-3-2-5-18(19)20(26-27)13-23-29-11-4-12-30-23;1-3-24-21(28)12-19-17-6-4-5-7-18(17)23(29)27(26-19)13-22-25-20(14-30-22)16-10-8-15(2)9-11-16;1-15-6-8-16(9-7-15)20-14-30-22(25-20)13-27-23(28)18-5-3-2-4-17(18)19(26-27)12-21-24-10-11-29-21;1-14-6-8-15(9-7-14)19-13-31-20(24-19)11-26-23(28)17-5-3-2-4-16(17)18(25-26)10-22-29-12-21(27)30-22;1-13-6-8-14(9-7-13)18-12-28-19(22-18)11-24-21(27)16-5-3-2-4-15(16)17(23-24)10-20(25)26/h2-3,5-10,15,23H,4,11-14H2,1H3;4-11,14H,3,12-13H2,1-2H3,(H,24,28);2-11,14H,12-13H2,1H3;2-9,13,22H,10-12H2,1H3;2-9,12H,10-11H2,1H3,(H,25,26). The molecule has 1 atom stereocenters. The second-order valence-corrected chi connectivity index (χ2v) is 41.4. The Labute approximate surface area is 883 Å². The Morgan fingerprint density at radius 2 is 0.620 bits per heavy atom. The Morgan fingerprint density at radius 1 is 0.340 bits per heavy atom. The van der Waals surface area contributed by atoms with Crippen LogP contribution in [-0.4, -0.2) is 141 Å². The summed E-state index contributed by atoms with van der Waals surface area (Å²) in [5.74, 6) is -1.50. The maximum atomic E-state index is 13.1. The molecular weight excluding hydrogens is 2010 g/mol. The molecule has 0 spiro atoms. The molecule has 0 bridgehead atoms. The summed E-state index contributed by atoms with van der Waals surface area (Å²) < 4.78 is 29.1. The lowest BCUT2D eigenvalue weighted by atomic mass is 10.1. The van der Waals surface area contributed by atoms with Crippen molar-refractivity contribution >= 4 is 140 Å². The van der Waals surface area contributed by atoms with Gasteiger partial charge in [0.15, 0.2) is 6.29 Å². The maximum absolute atomic E-state index is 13.1. The van der Waals surface area contributed by atoms with Crippen LogP contribution in [0.3, 0.4) is 0 Å². The first kappa shape index (κ1) is 103. The number of nitrogens with one attached hydrogen (secondary N) is 1. The SMILES string of the molecule is CCNC(=O)Cc1nn(Cc2nc(-c3ccc(C)cc3)cs2)c(=O)c2ccccc12.Cc1ccc(-c2csc(Cn3nc(CC(=O)O)c4ccccc4c3=O)n2)cc1.Cc1ccc(-c2csc(Cn3nc(CC4OCC(=O)O4)c4ccccc4c3=O)n2)cc1.Cc1ccc(-c2csc(Cn3nc(CC4OCCCO4)c4ccccc4c3=O)n2)cc1.Cc1ccc(-c2csc(Cn3nc(Cc4nccs4)c4ccccc4c3=O)n2)cc1. The smallest absolute Gasteiger partial charge is 0.334 e. The molecule has 0 saturated carbocycles. The largest absolute Gasteiger partial charge is 0.481 e. The van der Waals surface area contributed by atoms with Gasteiger partial charge in [-0.2, -0.15) is 25.5 Å². The molecule has 10 aromatic carbocycles. The third-order valence-electron chi connectivity index (χ3n) is 24.7. The first-order valence-electron chi connectivity index (χ1n) is 48.4. The lowest BCUT2D eigenvalue weighted by Crippen LogP contribution is -2.30. The fraction of sp³-hybridized carbons (Fsp3) is 0.202. The first-order valence-corrected chi connectivity index (χ1v) is 53.7. The van der Waals surface area contributed by atoms with E-state index >= 15 is 0 Å². The highest BCUT2D eigenvalue weighted by Gasteiger charge is 2.29. The van der Waals surface area contributed by atoms with Crippen LogP contribution in [0.4, 0.5) is 0 Å². The van der Waals surface area contributed by atoms with E-state index in [1.807, 2.05) is 206 Å². The molecule has 21 aromatic rings. The third kappa shape index (κ3) is 25.0. The van der Waals surface area contributed by atoms with E-state index in [2.05, 4.69) is 110 Å². The zero-order valence-corrected chi connectivity index (χ0v) is 87.2. The van der Waals surface area contributed by atoms with Crippen LogP contribution in [0.2, 0.25) is 0 Å². The summed E-state index contributed by atoms with van der Waals surface area (Å²) in [4.78, 5) is 128. The number of cyclic esters (lactones) is 1. The summed E-state index contributed by atoms with van der Waals surface area (Å²) in [6.07, 6.45) is 2.94. The average molecular weight is 2110 g/mol. The minimum Gasteiger partial charge on any atom is -0.481 e. The molecule has 150 heavy (non-hydrogen) atoms. The minimum atomic E-state index is -0.987. The van der Waals surface area contributed by atoms with Crippen LogP contribution in [0.15, 0.2) is 305 Å². The van der Waals surface area contributed by atoms with Crippen molar-refractivity contribution in [2.24, 2.45) is 0 Å². The number of amides is 1. The second kappa shape index (κ2) is 47.4. The summed E-state index contributed by atoms with van der Waals surface area (Å²) in [6.45, 7) is 15.4. The van der Waals surface area contributed by atoms with Crippen molar-refractivity contribution in [3.05, 3.63) is 419 Å². The van der Waals surface area contributed by atoms with E-state index in [0.717, 1.165) is 120 Å². The van der Waals surface area contributed by atoms with E-state index in [-0.39, 0.29) is 85.5 Å². The number of hydrogen-bond acceptors (Lipinski definition) is 29. The topological polar surface area (TPSA) is 372 Å². The van der Waals surface area contributed by atoms with E-state index < -0.39 is 18.2 Å². The zero-order chi connectivity index (χ0) is 104. The number of benzene rings is 10. The van der Waals surface area contributed by atoms with E-state index in [0.29, 0.717) is 100 Å². The first-order chi connectivity index (χ1) is 73.0. The van der Waals surface area contributed by atoms with Crippen LogP contribution in [0.5, 0.6) is 0 Å². The number of fused-ring (bicyclic) bond motifs is 5. The van der Waals surface area contributed by atoms with E-state index in [1.165, 1.54) is 96.6 Å². The van der Waals surface area contributed by atoms with Crippen molar-refractivity contribution in [2.45, 2.75) is 125 Å². The van der Waals surface area contributed by atoms with Crippen molar-refractivity contribution in [1.29, 1.82) is 0 Å². The lowest BCUT2D eigenvalue weighted by Gasteiger charge is -2.23. The fourth-order valence-corrected chi connectivity index (χ4v) is 21.6. The van der Waals surface area contributed by atoms with Gasteiger partial charge in [0.25, 0.3) is 27.8 Å². The Balaban J connectivity index is 0.000000118. The number of ether oxygens (including phenoxy) is 4. The van der Waals surface area contributed by atoms with Gasteiger partial charge in [0.05, 0.1) is 154 Å². The van der Waals surface area contributed by atoms with E-state index in [4.69, 9.17) is 44.1 Å². The van der Waals surface area contributed by atoms with Crippen molar-refractivity contribution in [1.82, 2.24) is 84.1 Å². The van der Waals surface area contributed by atoms with Gasteiger partial charge in [-0.3, -0.25) is 33.6 Å². The highest BCUT2D eigenvalue weighted by Crippen LogP contribution is 2.32. The van der Waals surface area contributed by atoms with Crippen molar-refractivity contribution in [3.63, 3.8) is 0 Å². The number of aromatic nitrogens is 16. The van der Waals surface area contributed by atoms with Crippen LogP contribution in [0.25, 0.3) is 110 Å². The summed E-state index contributed by atoms with van der Waals surface area (Å²) >= 11 is 9.12. The Kier molecular flexibility index (Phi) is 32.4. The number of aliphatic carboxylic acids is 1. The lowest BCUT2D eigenvalue weighted by molar-refractivity contribution is -0.177. The molecule has 2 aliphatic rings. The van der Waals surface area contributed by atoms with Gasteiger partial charge in [0, 0.05) is 113 Å². The summed E-state index contributed by atoms with van der Waals surface area (Å²) in [6, 6.07) is 77.8. The Bertz CT molecular complexity index is 8800. The normalized spacial score (nSPS) is 12.9. The number of carboxylic acids is 1. The molecule has 2 N–H and O–H groups in total. The molecule has 2 aliphatic heterocycles. The molecular formula is C114H99N17O13S6. The zero-order valence-electron chi connectivity index (χ0n) is 82.3. The quantitative estimate of drug-likeness (QED) is 0.0475. The third-order valence-corrected chi connectivity index (χ3v) is 29.7. The number of carbonyl (C=O) groups is 3. The predicted octanol–water partition coefficient (Wildman–Crippen LogP) is 19.5. The molecule has 36 heteroatoms. The van der Waals surface area contributed by atoms with Crippen LogP contribution < -0.4 is 33.1 Å². The number of likely N-dealkylation sites (N-methyl/N-ethyl adjacent to an activating group) is 1. The summed E-state index contributed by atoms with van der Waals surface area (Å²) in [5.41, 5.74) is 18.1. The van der Waals surface area contributed by atoms with Gasteiger partial charge in [-0.05, 0) is 78.3 Å². The molecule has 2 fully saturated rings. The van der Waals surface area contributed by atoms with Gasteiger partial charge < -0.3 is 29.4 Å². The fourth-order valence-electron chi connectivity index (χ4n) is 17.1. The summed E-state index contributed by atoms with van der Waals surface area (Å²) in [5, 5.41) is 58.4. The number of hydrogen-bond donors (Lipinski definition) is 2. The molecule has 0 aliphatic carbocycles. The molecule has 754 valence electrons.